The maximum absolute atomic E-state index is 2.46. The molecule has 0 unspecified atom stereocenters. The van der Waals surface area contributed by atoms with E-state index in [4.69, 9.17) is 0 Å². The molecule has 0 aliphatic heterocycles. The molecule has 0 heterocycles. The van der Waals surface area contributed by atoms with E-state index >= 15 is 0 Å². The highest BCUT2D eigenvalue weighted by Crippen LogP contribution is 2.73. The number of hydrogen-bond donors (Lipinski definition) is 0. The van der Waals surface area contributed by atoms with Crippen molar-refractivity contribution in [3.8, 4) is 0 Å². The van der Waals surface area contributed by atoms with Crippen molar-refractivity contribution in [2.45, 2.75) is 75.0 Å². The smallest absolute Gasteiger partial charge is 0.00837 e. The van der Waals surface area contributed by atoms with Crippen LogP contribution in [-0.2, 0) is 10.8 Å². The standard InChI is InChI=1S/C26H32/c1-5-13-21(14-6-1)25-19-11-3-9-17-23(25)24-18-10-4-12-20-26(24,25)22-15-7-2-8-16-22/h1-2,5-8,13-16,23-24H,3-4,9-12,17-20H2/t23-,24-,25-,26-/m1/s1. The van der Waals surface area contributed by atoms with Crippen LogP contribution in [0, 0.1) is 11.8 Å². The van der Waals surface area contributed by atoms with Crippen molar-refractivity contribution in [2.24, 2.45) is 11.8 Å². The monoisotopic (exact) mass is 344 g/mol. The topological polar surface area (TPSA) is 0 Å². The first-order valence-electron chi connectivity index (χ1n) is 11.0. The summed E-state index contributed by atoms with van der Waals surface area (Å²) in [5.41, 5.74) is 4.05. The van der Waals surface area contributed by atoms with Crippen LogP contribution in [0.2, 0.25) is 0 Å². The molecule has 0 heteroatoms. The minimum atomic E-state index is 0.376. The summed E-state index contributed by atoms with van der Waals surface area (Å²) in [4.78, 5) is 0. The summed E-state index contributed by atoms with van der Waals surface area (Å²) < 4.78 is 0. The van der Waals surface area contributed by atoms with Crippen LogP contribution in [0.5, 0.6) is 0 Å². The van der Waals surface area contributed by atoms with Gasteiger partial charge in [0.1, 0.15) is 0 Å². The molecule has 5 rings (SSSR count). The Kier molecular flexibility index (Phi) is 4.18. The first-order valence-corrected chi connectivity index (χ1v) is 11.0. The zero-order valence-corrected chi connectivity index (χ0v) is 16.0. The molecule has 3 aliphatic rings. The molecule has 0 amide bonds. The Morgan fingerprint density at radius 2 is 0.923 bits per heavy atom. The number of rotatable bonds is 2. The predicted molar refractivity (Wildman–Crippen MR) is 109 cm³/mol. The lowest BCUT2D eigenvalue weighted by atomic mass is 9.32. The normalized spacial score (nSPS) is 36.8. The molecule has 3 fully saturated rings. The summed E-state index contributed by atoms with van der Waals surface area (Å²) in [7, 11) is 0. The first-order chi connectivity index (χ1) is 12.9. The second-order valence-electron chi connectivity index (χ2n) is 9.09. The maximum Gasteiger partial charge on any atom is 0.00837 e. The van der Waals surface area contributed by atoms with Crippen LogP contribution >= 0.6 is 0 Å². The van der Waals surface area contributed by atoms with Gasteiger partial charge in [-0.2, -0.15) is 0 Å². The lowest BCUT2D eigenvalue weighted by Gasteiger charge is -2.71. The highest BCUT2D eigenvalue weighted by atomic mass is 14.7. The summed E-state index contributed by atoms with van der Waals surface area (Å²) in [6.07, 6.45) is 14.3. The highest BCUT2D eigenvalue weighted by Gasteiger charge is 2.70. The van der Waals surface area contributed by atoms with E-state index in [-0.39, 0.29) is 0 Å². The largest absolute Gasteiger partial charge is 0.0622 e. The maximum atomic E-state index is 2.46. The fourth-order valence-corrected chi connectivity index (χ4v) is 7.56. The van der Waals surface area contributed by atoms with Crippen molar-refractivity contribution in [1.82, 2.24) is 0 Å². The fourth-order valence-electron chi connectivity index (χ4n) is 7.56. The number of fused-ring (bicyclic) bond motifs is 4. The molecule has 136 valence electrons. The van der Waals surface area contributed by atoms with Gasteiger partial charge >= 0.3 is 0 Å². The average molecular weight is 345 g/mol. The fraction of sp³-hybridized carbons (Fsp3) is 0.538. The molecule has 4 atom stereocenters. The third-order valence-electron chi connectivity index (χ3n) is 8.30. The molecule has 0 nitrogen and oxygen atoms in total. The van der Waals surface area contributed by atoms with E-state index in [0.717, 1.165) is 11.8 Å². The third kappa shape index (κ3) is 2.14. The minimum absolute atomic E-state index is 0.376. The summed E-state index contributed by atoms with van der Waals surface area (Å²) in [6, 6.07) is 23.4. The van der Waals surface area contributed by atoms with Gasteiger partial charge in [0.05, 0.1) is 0 Å². The van der Waals surface area contributed by atoms with Crippen LogP contribution < -0.4 is 0 Å². The van der Waals surface area contributed by atoms with Crippen LogP contribution in [0.25, 0.3) is 0 Å². The van der Waals surface area contributed by atoms with E-state index in [1.54, 1.807) is 11.1 Å². The van der Waals surface area contributed by atoms with E-state index in [0.29, 0.717) is 10.8 Å². The lowest BCUT2D eigenvalue weighted by molar-refractivity contribution is -0.103. The predicted octanol–water partition coefficient (Wildman–Crippen LogP) is 7.04. The van der Waals surface area contributed by atoms with Gasteiger partial charge in [-0.3, -0.25) is 0 Å². The molecule has 3 aliphatic carbocycles. The zero-order valence-electron chi connectivity index (χ0n) is 16.0. The SMILES string of the molecule is c1ccc([C@]23CCCCC[C@@H]2[C@H]2CCCCC[C@@]23c2ccccc2)cc1. The molecule has 26 heavy (non-hydrogen) atoms. The van der Waals surface area contributed by atoms with Gasteiger partial charge in [-0.15, -0.1) is 0 Å². The van der Waals surface area contributed by atoms with E-state index in [1.165, 1.54) is 64.2 Å². The van der Waals surface area contributed by atoms with Crippen LogP contribution in [0.3, 0.4) is 0 Å². The summed E-state index contributed by atoms with van der Waals surface area (Å²) >= 11 is 0. The first kappa shape index (κ1) is 16.6. The van der Waals surface area contributed by atoms with Gasteiger partial charge in [-0.05, 0) is 48.6 Å². The van der Waals surface area contributed by atoms with Crippen molar-refractivity contribution in [1.29, 1.82) is 0 Å². The minimum Gasteiger partial charge on any atom is -0.0622 e. The molecule has 0 aromatic heterocycles. The zero-order chi connectivity index (χ0) is 17.5. The Balaban J connectivity index is 1.75. The second kappa shape index (κ2) is 6.55. The van der Waals surface area contributed by atoms with Gasteiger partial charge in [-0.25, -0.2) is 0 Å². The van der Waals surface area contributed by atoms with Gasteiger partial charge in [0.15, 0.2) is 0 Å². The van der Waals surface area contributed by atoms with Crippen LogP contribution in [0.1, 0.15) is 75.3 Å². The lowest BCUT2D eigenvalue weighted by Crippen LogP contribution is -2.70. The quantitative estimate of drug-likeness (QED) is 0.548. The summed E-state index contributed by atoms with van der Waals surface area (Å²) in [5.74, 6) is 1.79. The van der Waals surface area contributed by atoms with E-state index in [1.807, 2.05) is 0 Å². The highest BCUT2D eigenvalue weighted by molar-refractivity contribution is 5.47. The number of hydrogen-bond acceptors (Lipinski definition) is 0. The van der Waals surface area contributed by atoms with Crippen LogP contribution in [0.4, 0.5) is 0 Å². The van der Waals surface area contributed by atoms with Crippen LogP contribution in [0.15, 0.2) is 60.7 Å². The molecule has 0 radical (unpaired) electrons. The second-order valence-corrected chi connectivity index (χ2v) is 9.09. The molecule has 2 aromatic carbocycles. The average Bonchev–Trinajstić information content (AvgIpc) is 3.02. The van der Waals surface area contributed by atoms with Gasteiger partial charge in [-0.1, -0.05) is 99.2 Å². The molecular formula is C26H32. The Morgan fingerprint density at radius 1 is 0.500 bits per heavy atom. The van der Waals surface area contributed by atoms with Crippen molar-refractivity contribution >= 4 is 0 Å². The molecule has 2 aromatic rings. The number of benzene rings is 2. The van der Waals surface area contributed by atoms with E-state index in [2.05, 4.69) is 60.7 Å². The summed E-state index contributed by atoms with van der Waals surface area (Å²) in [5, 5.41) is 0. The van der Waals surface area contributed by atoms with Gasteiger partial charge in [0.2, 0.25) is 0 Å². The summed E-state index contributed by atoms with van der Waals surface area (Å²) in [6.45, 7) is 0. The Hall–Kier alpha value is -1.56. The molecule has 0 spiro atoms. The molecular weight excluding hydrogens is 312 g/mol. The molecule has 0 N–H and O–H groups in total. The Morgan fingerprint density at radius 3 is 1.35 bits per heavy atom. The molecule has 3 saturated carbocycles. The van der Waals surface area contributed by atoms with Crippen molar-refractivity contribution < 1.29 is 0 Å². The van der Waals surface area contributed by atoms with Crippen LogP contribution in [-0.4, -0.2) is 0 Å². The van der Waals surface area contributed by atoms with E-state index in [9.17, 15) is 0 Å². The van der Waals surface area contributed by atoms with Crippen molar-refractivity contribution in [3.63, 3.8) is 0 Å². The molecule has 0 bridgehead atoms. The van der Waals surface area contributed by atoms with Gasteiger partial charge in [0, 0.05) is 10.8 Å². The van der Waals surface area contributed by atoms with E-state index < -0.39 is 0 Å². The van der Waals surface area contributed by atoms with Gasteiger partial charge < -0.3 is 0 Å². The molecule has 0 saturated heterocycles. The Labute approximate surface area is 159 Å². The van der Waals surface area contributed by atoms with Crippen molar-refractivity contribution in [3.05, 3.63) is 71.8 Å². The van der Waals surface area contributed by atoms with Gasteiger partial charge in [0.25, 0.3) is 0 Å². The van der Waals surface area contributed by atoms with Crippen molar-refractivity contribution in [2.75, 3.05) is 0 Å². The Bertz CT molecular complexity index is 668. The third-order valence-corrected chi connectivity index (χ3v) is 8.30.